The molecular weight excluding hydrogens is 414 g/mol. The van der Waals surface area contributed by atoms with Crippen LogP contribution in [0, 0.1) is 40.4 Å². The minimum Gasteiger partial charge on any atom is -0.481 e. The standard InChI is InChI=1S/3C2H4O2.6H2O.Sm/c3*1-2(3)4;;;;;;;/h3*1H3,(H,3,4);6*1H2;. The second-order valence-corrected chi connectivity index (χ2v) is 1.56. The summed E-state index contributed by atoms with van der Waals surface area (Å²) in [4.78, 5) is 27.0. The van der Waals surface area contributed by atoms with Crippen molar-refractivity contribution in [3.63, 3.8) is 0 Å². The van der Waals surface area contributed by atoms with Crippen molar-refractivity contribution in [2.45, 2.75) is 20.8 Å². The summed E-state index contributed by atoms with van der Waals surface area (Å²) in [7, 11) is 0. The van der Waals surface area contributed by atoms with Gasteiger partial charge in [0.1, 0.15) is 0 Å². The SMILES string of the molecule is CC(=O)O.CC(=O)O.CC(=O)O.O.O.O.O.O.O.[Sm]. The minimum atomic E-state index is -0.833. The molecule has 0 unspecified atom stereocenters. The number of hydrogen-bond acceptors (Lipinski definition) is 3. The van der Waals surface area contributed by atoms with Gasteiger partial charge in [-0.1, -0.05) is 0 Å². The summed E-state index contributed by atoms with van der Waals surface area (Å²) in [5.41, 5.74) is 0. The van der Waals surface area contributed by atoms with E-state index in [2.05, 4.69) is 0 Å². The Labute approximate surface area is 141 Å². The molecule has 0 heterocycles. The number of aliphatic carboxylic acids is 3. The molecule has 126 valence electrons. The van der Waals surface area contributed by atoms with Gasteiger partial charge in [0.15, 0.2) is 0 Å². The average molecular weight is 439 g/mol. The molecule has 0 aliphatic heterocycles. The van der Waals surface area contributed by atoms with Crippen molar-refractivity contribution >= 4 is 17.9 Å². The largest absolute Gasteiger partial charge is 0.481 e. The molecule has 12 nitrogen and oxygen atoms in total. The second kappa shape index (κ2) is 65.9. The molecule has 0 spiro atoms. The summed E-state index contributed by atoms with van der Waals surface area (Å²) < 4.78 is 0. The molecule has 0 aliphatic carbocycles. The van der Waals surface area contributed by atoms with Crippen LogP contribution in [0.15, 0.2) is 0 Å². The summed E-state index contributed by atoms with van der Waals surface area (Å²) >= 11 is 0. The van der Waals surface area contributed by atoms with Crippen molar-refractivity contribution in [3.8, 4) is 0 Å². The fraction of sp³-hybridized carbons (Fsp3) is 0.500. The van der Waals surface area contributed by atoms with Crippen LogP contribution in [-0.4, -0.2) is 66.1 Å². The van der Waals surface area contributed by atoms with Crippen molar-refractivity contribution in [3.05, 3.63) is 0 Å². The number of carboxylic acid groups (broad SMARTS) is 3. The van der Waals surface area contributed by atoms with Gasteiger partial charge < -0.3 is 48.2 Å². The Morgan fingerprint density at radius 2 is 0.526 bits per heavy atom. The summed E-state index contributed by atoms with van der Waals surface area (Å²) in [6, 6.07) is 0. The Hall–Kier alpha value is -0.492. The number of hydrogen-bond donors (Lipinski definition) is 3. The van der Waals surface area contributed by atoms with Crippen molar-refractivity contribution in [2.24, 2.45) is 0 Å². The van der Waals surface area contributed by atoms with E-state index >= 15 is 0 Å². The fourth-order valence-electron chi connectivity index (χ4n) is 0. The zero-order valence-electron chi connectivity index (χ0n) is 10.5. The van der Waals surface area contributed by atoms with Crippen LogP contribution in [0.25, 0.3) is 0 Å². The summed E-state index contributed by atoms with van der Waals surface area (Å²) in [5, 5.41) is 22.2. The molecule has 0 aliphatic rings. The van der Waals surface area contributed by atoms with Gasteiger partial charge in [0.25, 0.3) is 17.9 Å². The number of rotatable bonds is 0. The summed E-state index contributed by atoms with van der Waals surface area (Å²) in [6.45, 7) is 3.25. The van der Waals surface area contributed by atoms with Crippen LogP contribution < -0.4 is 0 Å². The first kappa shape index (κ1) is 78.4. The van der Waals surface area contributed by atoms with Gasteiger partial charge in [0.2, 0.25) is 0 Å². The number of carboxylic acids is 3. The topological polar surface area (TPSA) is 301 Å². The van der Waals surface area contributed by atoms with Crippen LogP contribution in [0.4, 0.5) is 0 Å². The maximum absolute atomic E-state index is 9.00. The third-order valence-electron chi connectivity index (χ3n) is 0. The first-order chi connectivity index (χ1) is 5.20. The third kappa shape index (κ3) is 17400. The Bertz CT molecular complexity index is 120. The van der Waals surface area contributed by atoms with Crippen LogP contribution in [0.2, 0.25) is 0 Å². The second-order valence-electron chi connectivity index (χ2n) is 1.56. The molecule has 0 aromatic rings. The van der Waals surface area contributed by atoms with Gasteiger partial charge >= 0.3 is 0 Å². The molecule has 0 saturated heterocycles. The van der Waals surface area contributed by atoms with Gasteiger partial charge in [-0.15, -0.1) is 0 Å². The van der Waals surface area contributed by atoms with E-state index in [9.17, 15) is 0 Å². The molecular formula is C6H24O12Sm. The van der Waals surface area contributed by atoms with Crippen LogP contribution in [0.3, 0.4) is 0 Å². The molecule has 0 aromatic heterocycles. The van der Waals surface area contributed by atoms with E-state index in [1.165, 1.54) is 0 Å². The Balaban J connectivity index is -0.00000000675. The zero-order valence-corrected chi connectivity index (χ0v) is 13.1. The van der Waals surface area contributed by atoms with Crippen LogP contribution >= 0.6 is 0 Å². The normalized spacial score (nSPS) is 3.95. The predicted molar refractivity (Wildman–Crippen MR) is 61.6 cm³/mol. The predicted octanol–water partition coefficient (Wildman–Crippen LogP) is -4.68. The molecule has 0 amide bonds. The van der Waals surface area contributed by atoms with Gasteiger partial charge in [0, 0.05) is 61.2 Å². The van der Waals surface area contributed by atoms with E-state index in [1.54, 1.807) is 0 Å². The Morgan fingerprint density at radius 3 is 0.526 bits per heavy atom. The van der Waals surface area contributed by atoms with Gasteiger partial charge in [-0.05, 0) is 0 Å². The first-order valence-electron chi connectivity index (χ1n) is 2.78. The van der Waals surface area contributed by atoms with E-state index in [0.29, 0.717) is 0 Å². The molecule has 15 N–H and O–H groups in total. The quantitative estimate of drug-likeness (QED) is 0.333. The zero-order chi connectivity index (χ0) is 10.7. The molecule has 0 radical (unpaired) electrons. The first-order valence-corrected chi connectivity index (χ1v) is 2.78. The molecule has 0 atom stereocenters. The van der Waals surface area contributed by atoms with Gasteiger partial charge in [0.05, 0.1) is 0 Å². The monoisotopic (exact) mass is 440 g/mol. The molecule has 19 heavy (non-hydrogen) atoms. The van der Waals surface area contributed by atoms with Crippen molar-refractivity contribution in [1.82, 2.24) is 0 Å². The Kier molecular flexibility index (Phi) is 272. The van der Waals surface area contributed by atoms with E-state index in [4.69, 9.17) is 29.7 Å². The molecule has 0 saturated carbocycles. The Morgan fingerprint density at radius 1 is 0.526 bits per heavy atom. The van der Waals surface area contributed by atoms with Crippen molar-refractivity contribution in [1.29, 1.82) is 0 Å². The maximum Gasteiger partial charge on any atom is 0.300 e. The van der Waals surface area contributed by atoms with Gasteiger partial charge in [-0.25, -0.2) is 0 Å². The van der Waals surface area contributed by atoms with E-state index in [1.807, 2.05) is 0 Å². The van der Waals surface area contributed by atoms with Gasteiger partial charge in [-0.2, -0.15) is 0 Å². The number of carbonyl (C=O) groups is 3. The molecule has 13 heteroatoms. The average Bonchev–Trinajstić information content (AvgIpc) is 1.54. The van der Waals surface area contributed by atoms with Crippen molar-refractivity contribution in [2.75, 3.05) is 0 Å². The fourth-order valence-corrected chi connectivity index (χ4v) is 0. The minimum absolute atomic E-state index is 0. The van der Waals surface area contributed by atoms with E-state index in [-0.39, 0.29) is 73.2 Å². The van der Waals surface area contributed by atoms with Crippen LogP contribution in [0.5, 0.6) is 0 Å². The molecule has 0 rings (SSSR count). The molecule has 0 aromatic carbocycles. The summed E-state index contributed by atoms with van der Waals surface area (Å²) in [5.74, 6) is -2.50. The maximum atomic E-state index is 9.00. The molecule has 0 fully saturated rings. The third-order valence-corrected chi connectivity index (χ3v) is 0. The van der Waals surface area contributed by atoms with Crippen molar-refractivity contribution < 1.29 is 103 Å². The van der Waals surface area contributed by atoms with E-state index in [0.717, 1.165) is 20.8 Å². The smallest absolute Gasteiger partial charge is 0.300 e. The summed E-state index contributed by atoms with van der Waals surface area (Å²) in [6.07, 6.45) is 0. The van der Waals surface area contributed by atoms with E-state index < -0.39 is 17.9 Å². The molecule has 0 bridgehead atoms. The van der Waals surface area contributed by atoms with Crippen LogP contribution in [-0.2, 0) is 14.4 Å². The van der Waals surface area contributed by atoms with Crippen LogP contribution in [0.1, 0.15) is 20.8 Å². The van der Waals surface area contributed by atoms with Gasteiger partial charge in [-0.3, -0.25) is 14.4 Å².